The number of non-ortho nitro benzene ring substituents is 1. The molecule has 0 atom stereocenters. The number of nitrogens with zero attached hydrogens (tertiary/aromatic N) is 2. The Labute approximate surface area is 149 Å². The minimum absolute atomic E-state index is 0.0490. The Balaban J connectivity index is 1.96. The summed E-state index contributed by atoms with van der Waals surface area (Å²) < 4.78 is 1.85. The largest absolute Gasteiger partial charge is 0.313 e. The van der Waals surface area contributed by atoms with Gasteiger partial charge < -0.3 is 4.40 Å². The SMILES string of the molecule is O=Cc1ccc2c(-c3ccc([N+](=O)[O-])cc3)cc(-c3ccccc3)cn12. The molecule has 0 amide bonds. The zero-order chi connectivity index (χ0) is 18.1. The van der Waals surface area contributed by atoms with E-state index in [4.69, 9.17) is 0 Å². The van der Waals surface area contributed by atoms with Crippen molar-refractivity contribution in [2.45, 2.75) is 0 Å². The molecule has 0 radical (unpaired) electrons. The molecule has 5 heteroatoms. The van der Waals surface area contributed by atoms with E-state index < -0.39 is 4.92 Å². The number of hydrogen-bond acceptors (Lipinski definition) is 3. The molecule has 0 unspecified atom stereocenters. The molecule has 2 heterocycles. The Kier molecular flexibility index (Phi) is 3.82. The lowest BCUT2D eigenvalue weighted by atomic mass is 10.00. The number of nitro groups is 1. The van der Waals surface area contributed by atoms with E-state index in [-0.39, 0.29) is 5.69 Å². The summed E-state index contributed by atoms with van der Waals surface area (Å²) >= 11 is 0. The van der Waals surface area contributed by atoms with E-state index in [0.29, 0.717) is 5.69 Å². The van der Waals surface area contributed by atoms with E-state index in [1.165, 1.54) is 12.1 Å². The predicted molar refractivity (Wildman–Crippen MR) is 100 cm³/mol. The molecule has 4 aromatic rings. The summed E-state index contributed by atoms with van der Waals surface area (Å²) in [5.74, 6) is 0. The Morgan fingerprint density at radius 2 is 1.58 bits per heavy atom. The molecule has 0 N–H and O–H groups in total. The standard InChI is InChI=1S/C21H14N2O3/c24-14-19-10-11-21-20(16-6-8-18(9-7-16)23(25)26)12-17(13-22(19)21)15-4-2-1-3-5-15/h1-14H. The summed E-state index contributed by atoms with van der Waals surface area (Å²) in [6.07, 6.45) is 2.75. The molecule has 26 heavy (non-hydrogen) atoms. The van der Waals surface area contributed by atoms with Gasteiger partial charge in [-0.1, -0.05) is 30.3 Å². The second kappa shape index (κ2) is 6.29. The highest BCUT2D eigenvalue weighted by atomic mass is 16.6. The second-order valence-corrected chi connectivity index (χ2v) is 5.94. The van der Waals surface area contributed by atoms with Crippen molar-refractivity contribution >= 4 is 17.5 Å². The van der Waals surface area contributed by atoms with Gasteiger partial charge in [-0.2, -0.15) is 0 Å². The summed E-state index contributed by atoms with van der Waals surface area (Å²) in [4.78, 5) is 21.9. The number of aldehydes is 1. The van der Waals surface area contributed by atoms with E-state index in [1.54, 1.807) is 18.2 Å². The second-order valence-electron chi connectivity index (χ2n) is 5.94. The van der Waals surface area contributed by atoms with Crippen molar-refractivity contribution in [3.8, 4) is 22.3 Å². The van der Waals surface area contributed by atoms with Crippen molar-refractivity contribution in [2.24, 2.45) is 0 Å². The Hall–Kier alpha value is -3.73. The fourth-order valence-corrected chi connectivity index (χ4v) is 3.11. The number of carbonyl (C=O) groups is 1. The first-order valence-corrected chi connectivity index (χ1v) is 8.08. The molecule has 0 aliphatic rings. The van der Waals surface area contributed by atoms with Crippen LogP contribution in [-0.4, -0.2) is 15.6 Å². The fourth-order valence-electron chi connectivity index (χ4n) is 3.11. The van der Waals surface area contributed by atoms with Crippen LogP contribution < -0.4 is 0 Å². The van der Waals surface area contributed by atoms with Gasteiger partial charge in [-0.3, -0.25) is 14.9 Å². The van der Waals surface area contributed by atoms with Gasteiger partial charge in [0.25, 0.3) is 5.69 Å². The van der Waals surface area contributed by atoms with E-state index in [0.717, 1.165) is 34.1 Å². The minimum atomic E-state index is -0.415. The number of rotatable bonds is 4. The lowest BCUT2D eigenvalue weighted by Crippen LogP contribution is -1.95. The van der Waals surface area contributed by atoms with Gasteiger partial charge in [0.2, 0.25) is 0 Å². The smallest absolute Gasteiger partial charge is 0.269 e. The Morgan fingerprint density at radius 3 is 2.23 bits per heavy atom. The first kappa shape index (κ1) is 15.8. The molecule has 0 saturated carbocycles. The summed E-state index contributed by atoms with van der Waals surface area (Å²) in [6, 6.07) is 22.0. The summed E-state index contributed by atoms with van der Waals surface area (Å²) in [5, 5.41) is 10.9. The number of fused-ring (bicyclic) bond motifs is 1. The zero-order valence-corrected chi connectivity index (χ0v) is 13.7. The molecule has 0 aliphatic carbocycles. The lowest BCUT2D eigenvalue weighted by molar-refractivity contribution is -0.384. The van der Waals surface area contributed by atoms with Gasteiger partial charge in [0, 0.05) is 23.9 Å². The summed E-state index contributed by atoms with van der Waals surface area (Å²) in [6.45, 7) is 0. The van der Waals surface area contributed by atoms with Crippen LogP contribution in [0.1, 0.15) is 10.5 Å². The van der Waals surface area contributed by atoms with Gasteiger partial charge in [0.15, 0.2) is 6.29 Å². The number of pyridine rings is 1. The van der Waals surface area contributed by atoms with Gasteiger partial charge in [0.1, 0.15) is 0 Å². The van der Waals surface area contributed by atoms with E-state index in [2.05, 4.69) is 0 Å². The topological polar surface area (TPSA) is 64.6 Å². The normalized spacial score (nSPS) is 10.8. The zero-order valence-electron chi connectivity index (χ0n) is 13.7. The lowest BCUT2D eigenvalue weighted by Gasteiger charge is -2.11. The highest BCUT2D eigenvalue weighted by Gasteiger charge is 2.12. The third-order valence-electron chi connectivity index (χ3n) is 4.41. The van der Waals surface area contributed by atoms with Gasteiger partial charge >= 0.3 is 0 Å². The number of aromatic nitrogens is 1. The summed E-state index contributed by atoms with van der Waals surface area (Å²) in [5.41, 5.74) is 5.24. The Bertz CT molecular complexity index is 1110. The summed E-state index contributed by atoms with van der Waals surface area (Å²) in [7, 11) is 0. The van der Waals surface area contributed by atoms with Crippen LogP contribution in [0.2, 0.25) is 0 Å². The van der Waals surface area contributed by atoms with Crippen LogP contribution in [0.5, 0.6) is 0 Å². The van der Waals surface area contributed by atoms with Crippen LogP contribution >= 0.6 is 0 Å². The molecular formula is C21H14N2O3. The van der Waals surface area contributed by atoms with Crippen LogP contribution in [0.25, 0.3) is 27.8 Å². The third-order valence-corrected chi connectivity index (χ3v) is 4.41. The highest BCUT2D eigenvalue weighted by Crippen LogP contribution is 2.32. The highest BCUT2D eigenvalue weighted by molar-refractivity contribution is 5.88. The van der Waals surface area contributed by atoms with Crippen molar-refractivity contribution in [2.75, 3.05) is 0 Å². The molecule has 0 aliphatic heterocycles. The monoisotopic (exact) mass is 342 g/mol. The molecule has 2 aromatic heterocycles. The molecule has 0 bridgehead atoms. The Morgan fingerprint density at radius 1 is 0.846 bits per heavy atom. The van der Waals surface area contributed by atoms with E-state index in [1.807, 2.05) is 53.1 Å². The maximum Gasteiger partial charge on any atom is 0.269 e. The van der Waals surface area contributed by atoms with E-state index >= 15 is 0 Å². The molecule has 0 saturated heterocycles. The van der Waals surface area contributed by atoms with Crippen LogP contribution in [0.3, 0.4) is 0 Å². The van der Waals surface area contributed by atoms with Crippen molar-refractivity contribution in [1.29, 1.82) is 0 Å². The van der Waals surface area contributed by atoms with Crippen LogP contribution in [0.4, 0.5) is 5.69 Å². The molecular weight excluding hydrogens is 328 g/mol. The molecule has 126 valence electrons. The first-order valence-electron chi connectivity index (χ1n) is 8.08. The quantitative estimate of drug-likeness (QED) is 0.298. The number of carbonyl (C=O) groups excluding carboxylic acids is 1. The average molecular weight is 342 g/mol. The molecule has 2 aromatic carbocycles. The molecule has 5 nitrogen and oxygen atoms in total. The van der Waals surface area contributed by atoms with Crippen molar-refractivity contribution < 1.29 is 9.72 Å². The molecule has 0 fully saturated rings. The van der Waals surface area contributed by atoms with Crippen LogP contribution in [0.15, 0.2) is 79.0 Å². The fraction of sp³-hybridized carbons (Fsp3) is 0. The van der Waals surface area contributed by atoms with Gasteiger partial charge in [-0.05, 0) is 47.0 Å². The van der Waals surface area contributed by atoms with Gasteiger partial charge in [-0.15, -0.1) is 0 Å². The number of hydrogen-bond donors (Lipinski definition) is 0. The number of benzene rings is 2. The van der Waals surface area contributed by atoms with Crippen LogP contribution in [0, 0.1) is 10.1 Å². The van der Waals surface area contributed by atoms with Crippen molar-refractivity contribution in [1.82, 2.24) is 4.40 Å². The maximum atomic E-state index is 11.4. The molecule has 0 spiro atoms. The van der Waals surface area contributed by atoms with Crippen molar-refractivity contribution in [3.63, 3.8) is 0 Å². The van der Waals surface area contributed by atoms with Crippen molar-refractivity contribution in [3.05, 3.63) is 94.8 Å². The maximum absolute atomic E-state index is 11.4. The molecule has 4 rings (SSSR count). The minimum Gasteiger partial charge on any atom is -0.313 e. The van der Waals surface area contributed by atoms with Gasteiger partial charge in [-0.25, -0.2) is 0 Å². The van der Waals surface area contributed by atoms with E-state index in [9.17, 15) is 14.9 Å². The van der Waals surface area contributed by atoms with Crippen LogP contribution in [-0.2, 0) is 0 Å². The third kappa shape index (κ3) is 2.65. The predicted octanol–water partition coefficient (Wildman–Crippen LogP) is 4.99. The average Bonchev–Trinajstić information content (AvgIpc) is 3.11. The van der Waals surface area contributed by atoms with Gasteiger partial charge in [0.05, 0.1) is 16.1 Å². The first-order chi connectivity index (χ1) is 12.7. The number of nitro benzene ring substituents is 1.